The smallest absolute Gasteiger partial charge is 0.243 e. The number of fused-ring (bicyclic) bond motifs is 4. The van der Waals surface area contributed by atoms with Crippen LogP contribution in [0.5, 0.6) is 0 Å². The lowest BCUT2D eigenvalue weighted by Crippen LogP contribution is -2.69. The monoisotopic (exact) mass is 936 g/mol. The van der Waals surface area contributed by atoms with Crippen LogP contribution in [0.1, 0.15) is 81.8 Å². The van der Waals surface area contributed by atoms with Crippen LogP contribution < -0.4 is 31.1 Å². The summed E-state index contributed by atoms with van der Waals surface area (Å²) < 4.78 is 12.7. The molecule has 0 radical (unpaired) electrons. The molecule has 6 saturated heterocycles. The molecule has 360 valence electrons. The predicted octanol–water partition coefficient (Wildman–Crippen LogP) is 3.26. The van der Waals surface area contributed by atoms with Crippen molar-refractivity contribution in [3.63, 3.8) is 0 Å². The number of piperidine rings is 4. The number of ether oxygens (including phenoxy) is 2. The van der Waals surface area contributed by atoms with Crippen LogP contribution in [0.2, 0.25) is 0 Å². The van der Waals surface area contributed by atoms with E-state index < -0.39 is 0 Å². The fourth-order valence-corrected chi connectivity index (χ4v) is 16.9. The van der Waals surface area contributed by atoms with E-state index in [1.165, 1.54) is 11.1 Å². The second-order valence-corrected chi connectivity index (χ2v) is 22.2. The average molecular weight is 937 g/mol. The number of nitrogens with zero attached hydrogens (tertiary/aromatic N) is 4. The van der Waals surface area contributed by atoms with Gasteiger partial charge in [-0.05, 0) is 111 Å². The van der Waals surface area contributed by atoms with Gasteiger partial charge in [0.2, 0.25) is 35.4 Å². The molecule has 16 nitrogen and oxygen atoms in total. The molecule has 2 saturated carbocycles. The van der Waals surface area contributed by atoms with E-state index in [4.69, 9.17) is 9.47 Å². The van der Waals surface area contributed by atoms with Crippen LogP contribution in [0.25, 0.3) is 0 Å². The lowest BCUT2D eigenvalue weighted by molar-refractivity contribution is -0.133. The highest BCUT2D eigenvalue weighted by Crippen LogP contribution is 2.68. The molecule has 10 aliphatic heterocycles. The fraction of sp³-hybridized carbons (Fsp3) is 0.585. The molecule has 12 atom stereocenters. The third kappa shape index (κ3) is 6.07. The number of carbonyl (C=O) groups is 6. The third-order valence-electron chi connectivity index (χ3n) is 19.4. The lowest BCUT2D eigenvalue weighted by Gasteiger charge is -2.58. The molecular formula is C53H60N8O8. The quantitative estimate of drug-likeness (QED) is 0.182. The Labute approximate surface area is 400 Å². The molecule has 0 unspecified atom stereocenters. The van der Waals surface area contributed by atoms with Crippen LogP contribution in [0.4, 0.5) is 22.7 Å². The largest absolute Gasteiger partial charge is 0.373 e. The van der Waals surface area contributed by atoms with Crippen molar-refractivity contribution in [3.05, 3.63) is 70.8 Å². The zero-order chi connectivity index (χ0) is 46.5. The highest BCUT2D eigenvalue weighted by atomic mass is 16.5. The van der Waals surface area contributed by atoms with E-state index >= 15 is 0 Å². The van der Waals surface area contributed by atoms with Crippen LogP contribution in [-0.4, -0.2) is 134 Å². The van der Waals surface area contributed by atoms with Crippen LogP contribution in [0.15, 0.2) is 59.7 Å². The zero-order valence-corrected chi connectivity index (χ0v) is 38.9. The van der Waals surface area contributed by atoms with Gasteiger partial charge < -0.3 is 40.5 Å². The number of rotatable bonds is 12. The number of amides is 6. The number of benzene rings is 2. The van der Waals surface area contributed by atoms with Gasteiger partial charge in [0.05, 0.1) is 63.4 Å². The van der Waals surface area contributed by atoms with Crippen molar-refractivity contribution in [2.45, 2.75) is 118 Å². The number of unbranched alkanes of at least 4 members (excludes halogenated alkanes) is 2. The van der Waals surface area contributed by atoms with Gasteiger partial charge in [0.15, 0.2) is 0 Å². The number of nitrogens with one attached hydrogen (secondary N) is 4. The first-order valence-corrected chi connectivity index (χ1v) is 25.8. The first kappa shape index (κ1) is 42.5. The van der Waals surface area contributed by atoms with E-state index in [1.807, 2.05) is 24.3 Å². The SMILES string of the molecule is O=C(CCCCCC(=O)NCC(=O)Nc1ccc2c(c1)[C@@]13CCN4CC5=CCO[C@H]6CC(=O)N2[C@H]1[C@H]6[C@H]5C[C@H]43)NCC(=O)Nc1ccc2c(c1)[C@@]13CCN4CC5=CCO[C@H]6CC(=O)N2[C@H]1[C@H]6[C@H]5C[C@H]43. The fourth-order valence-electron chi connectivity index (χ4n) is 16.9. The maximum absolute atomic E-state index is 13.8. The van der Waals surface area contributed by atoms with E-state index in [0.717, 1.165) is 74.4 Å². The average Bonchev–Trinajstić information content (AvgIpc) is 4.02. The Balaban J connectivity index is 0.541. The van der Waals surface area contributed by atoms with Gasteiger partial charge in [-0.2, -0.15) is 0 Å². The summed E-state index contributed by atoms with van der Waals surface area (Å²) in [6, 6.07) is 12.7. The molecule has 6 amide bonds. The Kier molecular flexibility index (Phi) is 9.56. The molecule has 14 rings (SSSR count). The molecule has 10 heterocycles. The first-order valence-electron chi connectivity index (χ1n) is 25.8. The molecule has 2 aliphatic carbocycles. The predicted molar refractivity (Wildman–Crippen MR) is 253 cm³/mol. The van der Waals surface area contributed by atoms with Gasteiger partial charge in [-0.3, -0.25) is 38.6 Å². The summed E-state index contributed by atoms with van der Waals surface area (Å²) in [5, 5.41) is 11.5. The van der Waals surface area contributed by atoms with E-state index in [0.29, 0.717) is 80.6 Å². The Morgan fingerprint density at radius 3 is 1.54 bits per heavy atom. The molecule has 0 aromatic heterocycles. The Morgan fingerprint density at radius 2 is 1.07 bits per heavy atom. The Morgan fingerprint density at radius 1 is 0.609 bits per heavy atom. The van der Waals surface area contributed by atoms with Gasteiger partial charge in [-0.15, -0.1) is 0 Å². The van der Waals surface area contributed by atoms with E-state index in [2.05, 4.69) is 65.2 Å². The van der Waals surface area contributed by atoms with Gasteiger partial charge in [0, 0.05) is 83.4 Å². The van der Waals surface area contributed by atoms with Crippen molar-refractivity contribution in [1.82, 2.24) is 20.4 Å². The highest BCUT2D eigenvalue weighted by Gasteiger charge is 2.73. The number of anilines is 4. The van der Waals surface area contributed by atoms with Gasteiger partial charge >= 0.3 is 0 Å². The molecule has 4 bridgehead atoms. The number of hydrogen-bond donors (Lipinski definition) is 4. The molecule has 16 heteroatoms. The summed E-state index contributed by atoms with van der Waals surface area (Å²) in [7, 11) is 0. The van der Waals surface area contributed by atoms with Crippen molar-refractivity contribution in [3.8, 4) is 0 Å². The number of hydrogen-bond acceptors (Lipinski definition) is 10. The van der Waals surface area contributed by atoms with Crippen LogP contribution in [0, 0.1) is 23.7 Å². The molecule has 2 spiro atoms. The maximum Gasteiger partial charge on any atom is 0.243 e. The molecule has 69 heavy (non-hydrogen) atoms. The minimum atomic E-state index is -0.317. The third-order valence-corrected chi connectivity index (χ3v) is 19.4. The van der Waals surface area contributed by atoms with Crippen molar-refractivity contribution in [2.75, 3.05) is 72.9 Å². The van der Waals surface area contributed by atoms with Crippen LogP contribution in [-0.2, 0) is 49.1 Å². The van der Waals surface area contributed by atoms with E-state index in [9.17, 15) is 28.8 Å². The topological polar surface area (TPSA) is 182 Å². The summed E-state index contributed by atoms with van der Waals surface area (Å²) >= 11 is 0. The van der Waals surface area contributed by atoms with Gasteiger partial charge in [-0.25, -0.2) is 0 Å². The van der Waals surface area contributed by atoms with Gasteiger partial charge in [0.25, 0.3) is 0 Å². The minimum Gasteiger partial charge on any atom is -0.373 e. The normalized spacial score (nSPS) is 36.4. The minimum absolute atomic E-state index is 0.0461. The molecule has 2 aromatic carbocycles. The van der Waals surface area contributed by atoms with Crippen molar-refractivity contribution >= 4 is 58.2 Å². The van der Waals surface area contributed by atoms with Crippen molar-refractivity contribution in [1.29, 1.82) is 0 Å². The second-order valence-electron chi connectivity index (χ2n) is 22.2. The summed E-state index contributed by atoms with van der Waals surface area (Å²) in [5.74, 6) is 0.521. The van der Waals surface area contributed by atoms with Gasteiger partial charge in [0.1, 0.15) is 0 Å². The van der Waals surface area contributed by atoms with E-state index in [-0.39, 0.29) is 108 Å². The maximum atomic E-state index is 13.8. The first-order chi connectivity index (χ1) is 33.6. The molecular weight excluding hydrogens is 877 g/mol. The lowest BCUT2D eigenvalue weighted by atomic mass is 9.53. The highest BCUT2D eigenvalue weighted by molar-refractivity contribution is 6.02. The molecule has 12 aliphatic rings. The van der Waals surface area contributed by atoms with Crippen molar-refractivity contribution in [2.24, 2.45) is 23.7 Å². The number of carbonyl (C=O) groups excluding carboxylic acids is 6. The zero-order valence-electron chi connectivity index (χ0n) is 38.9. The van der Waals surface area contributed by atoms with Crippen LogP contribution >= 0.6 is 0 Å². The summed E-state index contributed by atoms with van der Waals surface area (Å²) in [5.41, 5.74) is 8.12. The molecule has 8 fully saturated rings. The molecule has 2 aromatic rings. The Hall–Kier alpha value is -5.42. The van der Waals surface area contributed by atoms with Crippen LogP contribution in [0.3, 0.4) is 0 Å². The standard InChI is InChI=1S/C53H60N8O8/c62-42(54-24-44(64)56-30-6-8-36-34(18-30)52-12-14-58-26-28-10-16-68-38-22-46(66)60(36)50(52)48(38)32(28)20-40(52)58)4-2-1-3-5-43(63)55-25-45(65)57-31-7-9-37-35(19-31)53-13-15-59-27-29-11-17-69-39-23-47(67)61(37)51(53)49(39)33(29)21-41(53)59/h6-11,18-19,32-33,38-41,48-51H,1-5,12-17,20-27H2,(H,54,62)(H,55,63)(H,56,64)(H,57,65)/t32-,33-,38-,39-,40-,41-,48-,49-,50-,51-,52+,53+/m0/s1. The van der Waals surface area contributed by atoms with E-state index in [1.54, 1.807) is 0 Å². The second kappa shape index (κ2) is 15.5. The van der Waals surface area contributed by atoms with Crippen molar-refractivity contribution < 1.29 is 38.2 Å². The summed E-state index contributed by atoms with van der Waals surface area (Å²) in [6.45, 7) is 4.72. The Bertz CT molecular complexity index is 2520. The molecule has 4 N–H and O–H groups in total. The van der Waals surface area contributed by atoms with Gasteiger partial charge in [-0.1, -0.05) is 29.7 Å². The summed E-state index contributed by atoms with van der Waals surface area (Å²) in [6.07, 6.45) is 11.5. The summed E-state index contributed by atoms with van der Waals surface area (Å²) in [4.78, 5) is 88.9.